The number of nitro groups is 1. The summed E-state index contributed by atoms with van der Waals surface area (Å²) in [6.07, 6.45) is 1.70. The summed E-state index contributed by atoms with van der Waals surface area (Å²) in [6.45, 7) is 1.42. The Hall–Kier alpha value is -2.36. The van der Waals surface area contributed by atoms with Gasteiger partial charge in [0, 0.05) is 34.2 Å². The number of fused-ring (bicyclic) bond motifs is 1. The number of rotatable bonds is 5. The van der Waals surface area contributed by atoms with Crippen LogP contribution in [0.5, 0.6) is 0 Å². The van der Waals surface area contributed by atoms with Gasteiger partial charge in [0.25, 0.3) is 0 Å². The molecule has 10 heteroatoms. The van der Waals surface area contributed by atoms with Crippen molar-refractivity contribution in [1.29, 1.82) is 0 Å². The van der Waals surface area contributed by atoms with Crippen LogP contribution in [0.1, 0.15) is 36.3 Å². The lowest BCUT2D eigenvalue weighted by atomic mass is 9.95. The number of nitrogens with zero attached hydrogens (tertiary/aromatic N) is 4. The molecular weight excluding hydrogens is 380 g/mol. The van der Waals surface area contributed by atoms with Crippen LogP contribution in [0.4, 0.5) is 5.69 Å². The molecular formula is C14H15BrN6O3. The highest BCUT2D eigenvalue weighted by atomic mass is 79.9. The first-order valence-corrected chi connectivity index (χ1v) is 8.20. The third-order valence-corrected chi connectivity index (χ3v) is 4.80. The molecule has 1 aromatic heterocycles. The second kappa shape index (κ2) is 6.63. The molecule has 0 spiro atoms. The minimum atomic E-state index is -0.769. The number of tetrazole rings is 1. The minimum Gasteiger partial charge on any atom is -0.325 e. The van der Waals surface area contributed by atoms with Gasteiger partial charge in [-0.25, -0.2) is 0 Å². The van der Waals surface area contributed by atoms with Crippen LogP contribution in [0.2, 0.25) is 0 Å². The molecule has 2 atom stereocenters. The Morgan fingerprint density at radius 2 is 2.33 bits per heavy atom. The molecule has 0 saturated heterocycles. The lowest BCUT2D eigenvalue weighted by molar-refractivity contribution is -0.537. The maximum absolute atomic E-state index is 11.6. The van der Waals surface area contributed by atoms with Gasteiger partial charge in [0.15, 0.2) is 5.82 Å². The van der Waals surface area contributed by atoms with E-state index in [0.717, 1.165) is 5.56 Å². The topological polar surface area (TPSA) is 127 Å². The summed E-state index contributed by atoms with van der Waals surface area (Å²) < 4.78 is 0.641. The molecule has 1 aromatic carbocycles. The zero-order valence-electron chi connectivity index (χ0n) is 12.8. The molecule has 3 rings (SSSR count). The van der Waals surface area contributed by atoms with E-state index in [2.05, 4.69) is 41.9 Å². The number of anilines is 1. The number of hydrogen-bond donors (Lipinski definition) is 2. The first kappa shape index (κ1) is 16.5. The normalized spacial score (nSPS) is 19.1. The molecule has 0 bridgehead atoms. The number of aromatic amines is 1. The Balaban J connectivity index is 1.85. The quantitative estimate of drug-likeness (QED) is 0.589. The largest absolute Gasteiger partial charge is 0.325 e. The summed E-state index contributed by atoms with van der Waals surface area (Å²) in [7, 11) is 0. The first-order valence-electron chi connectivity index (χ1n) is 7.41. The van der Waals surface area contributed by atoms with Gasteiger partial charge in [0.05, 0.1) is 5.69 Å². The van der Waals surface area contributed by atoms with Crippen molar-refractivity contribution in [2.45, 2.75) is 32.2 Å². The van der Waals surface area contributed by atoms with E-state index < -0.39 is 6.04 Å². The van der Waals surface area contributed by atoms with Crippen LogP contribution in [-0.2, 0) is 17.6 Å². The van der Waals surface area contributed by atoms with Crippen molar-refractivity contribution in [3.05, 3.63) is 43.7 Å². The van der Waals surface area contributed by atoms with Crippen molar-refractivity contribution in [1.82, 2.24) is 20.6 Å². The minimum absolute atomic E-state index is 0.145. The summed E-state index contributed by atoms with van der Waals surface area (Å²) in [5, 5.41) is 28.0. The molecule has 24 heavy (non-hydrogen) atoms. The Morgan fingerprint density at radius 1 is 1.54 bits per heavy atom. The second-order valence-corrected chi connectivity index (χ2v) is 6.63. The molecule has 9 nitrogen and oxygen atoms in total. The highest BCUT2D eigenvalue weighted by molar-refractivity contribution is 9.10. The SMILES string of the molecule is CC(=O)Nc1cc2c(cc1Br)C([N+](=O)[O-])C(CCc1nn[nH]n1)C2. The number of benzene rings is 1. The van der Waals surface area contributed by atoms with Gasteiger partial charge in [-0.15, -0.1) is 10.2 Å². The number of carbonyl (C=O) groups is 1. The molecule has 1 amide bonds. The number of amides is 1. The van der Waals surface area contributed by atoms with E-state index in [1.165, 1.54) is 6.92 Å². The fraction of sp³-hybridized carbons (Fsp3) is 0.429. The summed E-state index contributed by atoms with van der Waals surface area (Å²) in [5.41, 5.74) is 2.21. The lowest BCUT2D eigenvalue weighted by Crippen LogP contribution is -2.17. The number of aryl methyl sites for hydroxylation is 1. The lowest BCUT2D eigenvalue weighted by Gasteiger charge is -2.12. The predicted octanol–water partition coefficient (Wildman–Crippen LogP) is 2.04. The molecule has 126 valence electrons. The van der Waals surface area contributed by atoms with Gasteiger partial charge < -0.3 is 5.32 Å². The molecule has 2 aromatic rings. The predicted molar refractivity (Wildman–Crippen MR) is 87.9 cm³/mol. The number of carbonyl (C=O) groups excluding carboxylic acids is 1. The van der Waals surface area contributed by atoms with E-state index in [-0.39, 0.29) is 16.7 Å². The third-order valence-electron chi connectivity index (χ3n) is 4.14. The molecule has 1 aliphatic carbocycles. The van der Waals surface area contributed by atoms with E-state index in [9.17, 15) is 14.9 Å². The van der Waals surface area contributed by atoms with Crippen LogP contribution < -0.4 is 5.32 Å². The Labute approximate surface area is 145 Å². The first-order chi connectivity index (χ1) is 11.5. The molecule has 1 heterocycles. The monoisotopic (exact) mass is 394 g/mol. The van der Waals surface area contributed by atoms with Crippen LogP contribution in [0.3, 0.4) is 0 Å². The van der Waals surface area contributed by atoms with Crippen LogP contribution in [-0.4, -0.2) is 31.5 Å². The number of nitrogens with one attached hydrogen (secondary N) is 2. The number of aromatic nitrogens is 4. The van der Waals surface area contributed by atoms with Crippen molar-refractivity contribution >= 4 is 27.5 Å². The number of hydrogen-bond acceptors (Lipinski definition) is 6. The number of halogens is 1. The third kappa shape index (κ3) is 3.28. The highest BCUT2D eigenvalue weighted by Gasteiger charge is 2.41. The average Bonchev–Trinajstić information content (AvgIpc) is 3.11. The molecule has 0 radical (unpaired) electrons. The van der Waals surface area contributed by atoms with E-state index in [4.69, 9.17) is 0 Å². The summed E-state index contributed by atoms with van der Waals surface area (Å²) in [6, 6.07) is 2.78. The van der Waals surface area contributed by atoms with Gasteiger partial charge in [-0.2, -0.15) is 5.21 Å². The molecule has 1 aliphatic rings. The van der Waals surface area contributed by atoms with Crippen LogP contribution >= 0.6 is 15.9 Å². The van der Waals surface area contributed by atoms with Gasteiger partial charge in [-0.3, -0.25) is 14.9 Å². The maximum Gasteiger partial charge on any atom is 0.241 e. The van der Waals surface area contributed by atoms with E-state index in [0.29, 0.717) is 40.8 Å². The molecule has 2 N–H and O–H groups in total. The maximum atomic E-state index is 11.6. The van der Waals surface area contributed by atoms with Crippen molar-refractivity contribution in [2.75, 3.05) is 5.32 Å². The van der Waals surface area contributed by atoms with Crippen molar-refractivity contribution in [2.24, 2.45) is 5.92 Å². The van der Waals surface area contributed by atoms with E-state index in [1.54, 1.807) is 6.07 Å². The van der Waals surface area contributed by atoms with Gasteiger partial charge in [0.2, 0.25) is 11.9 Å². The van der Waals surface area contributed by atoms with Crippen molar-refractivity contribution < 1.29 is 9.72 Å². The zero-order chi connectivity index (χ0) is 17.3. The Kier molecular flexibility index (Phi) is 4.56. The molecule has 0 fully saturated rings. The standard InChI is InChI=1S/C14H15BrN6O3/c1-7(22)16-12-5-9-4-8(2-3-13-17-19-20-18-13)14(21(23)24)10(9)6-11(12)15/h5-6,8,14H,2-4H2,1H3,(H,16,22)(H,17,18,19,20). The van der Waals surface area contributed by atoms with Crippen LogP contribution in [0, 0.1) is 16.0 Å². The summed E-state index contributed by atoms with van der Waals surface area (Å²) in [4.78, 5) is 22.6. The van der Waals surface area contributed by atoms with Crippen molar-refractivity contribution in [3.8, 4) is 0 Å². The van der Waals surface area contributed by atoms with Gasteiger partial charge in [0.1, 0.15) is 0 Å². The Bertz CT molecular complexity index is 779. The van der Waals surface area contributed by atoms with Crippen molar-refractivity contribution in [3.63, 3.8) is 0 Å². The highest BCUT2D eigenvalue weighted by Crippen LogP contribution is 2.43. The fourth-order valence-electron chi connectivity index (χ4n) is 3.17. The Morgan fingerprint density at radius 3 is 2.96 bits per heavy atom. The molecule has 2 unspecified atom stereocenters. The number of H-pyrrole nitrogens is 1. The fourth-order valence-corrected chi connectivity index (χ4v) is 3.63. The summed E-state index contributed by atoms with van der Waals surface area (Å²) in [5.74, 6) is 0.217. The zero-order valence-corrected chi connectivity index (χ0v) is 14.4. The molecule has 0 saturated carbocycles. The van der Waals surface area contributed by atoms with E-state index >= 15 is 0 Å². The van der Waals surface area contributed by atoms with Crippen LogP contribution in [0.15, 0.2) is 16.6 Å². The smallest absolute Gasteiger partial charge is 0.241 e. The van der Waals surface area contributed by atoms with E-state index in [1.807, 2.05) is 6.07 Å². The average molecular weight is 395 g/mol. The van der Waals surface area contributed by atoms with Gasteiger partial charge in [-0.1, -0.05) is 5.21 Å². The summed E-state index contributed by atoms with van der Waals surface area (Å²) >= 11 is 3.38. The van der Waals surface area contributed by atoms with Crippen LogP contribution in [0.25, 0.3) is 0 Å². The second-order valence-electron chi connectivity index (χ2n) is 5.77. The van der Waals surface area contributed by atoms with Gasteiger partial charge in [-0.05, 0) is 46.5 Å². The van der Waals surface area contributed by atoms with Gasteiger partial charge >= 0.3 is 0 Å². The molecule has 0 aliphatic heterocycles.